The second-order valence-corrected chi connectivity index (χ2v) is 4.24. The summed E-state index contributed by atoms with van der Waals surface area (Å²) in [7, 11) is 0. The minimum atomic E-state index is -3.00. The van der Waals surface area contributed by atoms with Crippen molar-refractivity contribution in [3.05, 3.63) is 29.8 Å². The number of benzene rings is 1. The molecule has 1 saturated carbocycles. The van der Waals surface area contributed by atoms with E-state index in [4.69, 9.17) is 5.73 Å². The molecule has 1 aliphatic carbocycles. The molecule has 0 spiro atoms. The maximum atomic E-state index is 12.8. The summed E-state index contributed by atoms with van der Waals surface area (Å²) in [4.78, 5) is 0. The van der Waals surface area contributed by atoms with Crippen LogP contribution in [0.4, 0.5) is 17.6 Å². The Balaban J connectivity index is 2.27. The highest BCUT2D eigenvalue weighted by molar-refractivity contribution is 5.41. The van der Waals surface area contributed by atoms with Gasteiger partial charge in [0.15, 0.2) is 0 Å². The topological polar surface area (TPSA) is 35.2 Å². The van der Waals surface area contributed by atoms with Crippen LogP contribution in [0.15, 0.2) is 24.3 Å². The van der Waals surface area contributed by atoms with Gasteiger partial charge in [-0.25, -0.2) is 8.78 Å². The van der Waals surface area contributed by atoms with Gasteiger partial charge in [-0.2, -0.15) is 8.78 Å². The fourth-order valence-corrected chi connectivity index (χ4v) is 2.14. The van der Waals surface area contributed by atoms with Crippen LogP contribution in [0.2, 0.25) is 0 Å². The number of alkyl halides is 4. The minimum Gasteiger partial charge on any atom is -0.434 e. The van der Waals surface area contributed by atoms with E-state index in [0.29, 0.717) is 0 Å². The Hall–Kier alpha value is -1.30. The highest BCUT2D eigenvalue weighted by Gasteiger charge is 2.56. The van der Waals surface area contributed by atoms with Gasteiger partial charge in [-0.1, -0.05) is 18.2 Å². The zero-order valence-corrected chi connectivity index (χ0v) is 8.80. The molecule has 0 aromatic heterocycles. The van der Waals surface area contributed by atoms with E-state index in [0.717, 1.165) is 0 Å². The predicted molar refractivity (Wildman–Crippen MR) is 53.1 cm³/mol. The molecule has 1 aliphatic rings. The van der Waals surface area contributed by atoms with Gasteiger partial charge in [0.05, 0.1) is 5.54 Å². The van der Waals surface area contributed by atoms with Crippen molar-refractivity contribution in [3.8, 4) is 5.75 Å². The van der Waals surface area contributed by atoms with Gasteiger partial charge in [0.1, 0.15) is 5.75 Å². The van der Waals surface area contributed by atoms with Gasteiger partial charge in [0.2, 0.25) is 0 Å². The lowest BCUT2D eigenvalue weighted by atomic mass is 9.69. The first kappa shape index (κ1) is 12.2. The lowest BCUT2D eigenvalue weighted by molar-refractivity contribution is -0.126. The lowest BCUT2D eigenvalue weighted by Crippen LogP contribution is -2.55. The zero-order valence-electron chi connectivity index (χ0n) is 8.80. The molecule has 6 heteroatoms. The van der Waals surface area contributed by atoms with E-state index in [-0.39, 0.29) is 11.3 Å². The molecule has 1 aromatic rings. The molecular formula is C11H11F4NO. The van der Waals surface area contributed by atoms with Crippen LogP contribution < -0.4 is 10.5 Å². The Morgan fingerprint density at radius 1 is 1.18 bits per heavy atom. The van der Waals surface area contributed by atoms with Crippen LogP contribution in [-0.4, -0.2) is 12.5 Å². The third-order valence-corrected chi connectivity index (χ3v) is 2.79. The average molecular weight is 249 g/mol. The third-order valence-electron chi connectivity index (χ3n) is 2.79. The average Bonchev–Trinajstić information content (AvgIpc) is 2.14. The molecule has 0 saturated heterocycles. The van der Waals surface area contributed by atoms with Crippen molar-refractivity contribution >= 4 is 0 Å². The summed E-state index contributed by atoms with van der Waals surface area (Å²) in [6, 6.07) is 5.78. The van der Waals surface area contributed by atoms with Crippen molar-refractivity contribution in [1.29, 1.82) is 0 Å². The highest BCUT2D eigenvalue weighted by Crippen LogP contribution is 2.51. The minimum absolute atomic E-state index is 0.138. The van der Waals surface area contributed by atoms with Gasteiger partial charge in [-0.15, -0.1) is 0 Å². The molecule has 0 unspecified atom stereocenters. The molecule has 1 aromatic carbocycles. The number of halogens is 4. The summed E-state index contributed by atoms with van der Waals surface area (Å²) >= 11 is 0. The molecular weight excluding hydrogens is 238 g/mol. The van der Waals surface area contributed by atoms with Crippen LogP contribution in [0.3, 0.4) is 0 Å². The SMILES string of the molecule is NC1(c2ccccc2OC(F)F)CC(F)(F)C1. The van der Waals surface area contributed by atoms with E-state index in [1.165, 1.54) is 18.2 Å². The van der Waals surface area contributed by atoms with Gasteiger partial charge in [-0.3, -0.25) is 0 Å². The van der Waals surface area contributed by atoms with E-state index in [2.05, 4.69) is 4.74 Å². The Morgan fingerprint density at radius 2 is 1.76 bits per heavy atom. The molecule has 0 atom stereocenters. The first-order valence-electron chi connectivity index (χ1n) is 5.03. The number of hydrogen-bond acceptors (Lipinski definition) is 2. The summed E-state index contributed by atoms with van der Waals surface area (Å²) in [5.74, 6) is -2.97. The van der Waals surface area contributed by atoms with Gasteiger partial charge in [-0.05, 0) is 6.07 Å². The fourth-order valence-electron chi connectivity index (χ4n) is 2.14. The van der Waals surface area contributed by atoms with Gasteiger partial charge >= 0.3 is 6.61 Å². The summed E-state index contributed by atoms with van der Waals surface area (Å²) in [5, 5.41) is 0. The predicted octanol–water partition coefficient (Wildman–Crippen LogP) is 2.87. The number of rotatable bonds is 3. The monoisotopic (exact) mass is 249 g/mol. The summed E-state index contributed by atoms with van der Waals surface area (Å²) in [6.07, 6.45) is -1.10. The molecule has 17 heavy (non-hydrogen) atoms. The van der Waals surface area contributed by atoms with Gasteiger partial charge < -0.3 is 10.5 Å². The number of ether oxygens (including phenoxy) is 1. The van der Waals surface area contributed by atoms with Crippen LogP contribution in [0.25, 0.3) is 0 Å². The van der Waals surface area contributed by atoms with Crippen molar-refractivity contribution in [1.82, 2.24) is 0 Å². The molecule has 2 N–H and O–H groups in total. The molecule has 0 amide bonds. The van der Waals surface area contributed by atoms with Crippen molar-refractivity contribution in [2.45, 2.75) is 30.9 Å². The van der Waals surface area contributed by atoms with Crippen molar-refractivity contribution in [3.63, 3.8) is 0 Å². The summed E-state index contributed by atoms with van der Waals surface area (Å²) < 4.78 is 54.3. The molecule has 0 heterocycles. The number of nitrogens with two attached hydrogens (primary N) is 1. The maximum absolute atomic E-state index is 12.8. The first-order chi connectivity index (χ1) is 7.82. The Bertz CT molecular complexity index is 414. The van der Waals surface area contributed by atoms with Crippen molar-refractivity contribution in [2.75, 3.05) is 0 Å². The Labute approximate surface area is 95.4 Å². The smallest absolute Gasteiger partial charge is 0.387 e. The Kier molecular flexibility index (Phi) is 2.77. The van der Waals surface area contributed by atoms with Crippen LogP contribution in [0, 0.1) is 0 Å². The molecule has 94 valence electrons. The van der Waals surface area contributed by atoms with E-state index < -0.39 is 30.9 Å². The lowest BCUT2D eigenvalue weighted by Gasteiger charge is -2.45. The summed E-state index contributed by atoms with van der Waals surface area (Å²) in [5.41, 5.74) is 4.69. The first-order valence-corrected chi connectivity index (χ1v) is 5.03. The zero-order chi connectivity index (χ0) is 12.7. The number of para-hydroxylation sites is 1. The normalized spacial score (nSPS) is 21.1. The molecule has 0 aliphatic heterocycles. The van der Waals surface area contributed by atoms with Crippen LogP contribution in [-0.2, 0) is 5.54 Å². The third kappa shape index (κ3) is 2.36. The molecule has 0 radical (unpaired) electrons. The van der Waals surface area contributed by atoms with Crippen molar-refractivity contribution in [2.24, 2.45) is 5.73 Å². The second kappa shape index (κ2) is 3.87. The Morgan fingerprint density at radius 3 is 2.29 bits per heavy atom. The van der Waals surface area contributed by atoms with Crippen LogP contribution in [0.5, 0.6) is 5.75 Å². The largest absolute Gasteiger partial charge is 0.434 e. The maximum Gasteiger partial charge on any atom is 0.387 e. The molecule has 2 nitrogen and oxygen atoms in total. The molecule has 2 rings (SSSR count). The van der Waals surface area contributed by atoms with Crippen molar-refractivity contribution < 1.29 is 22.3 Å². The van der Waals surface area contributed by atoms with Gasteiger partial charge in [0.25, 0.3) is 5.92 Å². The van der Waals surface area contributed by atoms with Crippen LogP contribution >= 0.6 is 0 Å². The number of hydrogen-bond donors (Lipinski definition) is 1. The van der Waals surface area contributed by atoms with E-state index >= 15 is 0 Å². The second-order valence-electron chi connectivity index (χ2n) is 4.24. The van der Waals surface area contributed by atoms with E-state index in [1.807, 2.05) is 0 Å². The fraction of sp³-hybridized carbons (Fsp3) is 0.455. The van der Waals surface area contributed by atoms with E-state index in [1.54, 1.807) is 6.07 Å². The highest BCUT2D eigenvalue weighted by atomic mass is 19.3. The molecule has 1 fully saturated rings. The van der Waals surface area contributed by atoms with Crippen LogP contribution in [0.1, 0.15) is 18.4 Å². The summed E-state index contributed by atoms with van der Waals surface area (Å²) in [6.45, 7) is -3.00. The molecule has 0 bridgehead atoms. The standard InChI is InChI=1S/C11H11F4NO/c12-9(13)17-8-4-2-1-3-7(8)10(16)5-11(14,15)6-10/h1-4,9H,5-6,16H2. The van der Waals surface area contributed by atoms with E-state index in [9.17, 15) is 17.6 Å². The van der Waals surface area contributed by atoms with Gasteiger partial charge in [0, 0.05) is 18.4 Å². The quantitative estimate of drug-likeness (QED) is 0.836.